The van der Waals surface area contributed by atoms with Crippen LogP contribution >= 0.6 is 0 Å². The number of carbonyl (C=O) groups excluding carboxylic acids is 2. The van der Waals surface area contributed by atoms with E-state index >= 15 is 0 Å². The lowest BCUT2D eigenvalue weighted by Gasteiger charge is -2.19. The molecule has 6 heteroatoms. The van der Waals surface area contributed by atoms with Gasteiger partial charge >= 0.3 is 12.1 Å². The number of aromatic nitrogens is 1. The van der Waals surface area contributed by atoms with Crippen LogP contribution in [0.15, 0.2) is 12.1 Å². The van der Waals surface area contributed by atoms with Crippen LogP contribution in [0.5, 0.6) is 0 Å². The Morgan fingerprint density at radius 1 is 1.30 bits per heavy atom. The van der Waals surface area contributed by atoms with Crippen molar-refractivity contribution in [1.29, 1.82) is 0 Å². The molecule has 0 bridgehead atoms. The number of hydrogen-bond donors (Lipinski definition) is 1. The maximum atomic E-state index is 11.7. The van der Waals surface area contributed by atoms with Crippen molar-refractivity contribution in [1.82, 2.24) is 4.98 Å². The number of esters is 1. The fourth-order valence-electron chi connectivity index (χ4n) is 1.47. The smallest absolute Gasteiger partial charge is 0.412 e. The van der Waals surface area contributed by atoms with E-state index in [0.717, 1.165) is 0 Å². The molecule has 0 atom stereocenters. The molecule has 0 unspecified atom stereocenters. The predicted octanol–water partition coefficient (Wildman–Crippen LogP) is 2.91. The van der Waals surface area contributed by atoms with Gasteiger partial charge in [0.2, 0.25) is 0 Å². The molecule has 0 radical (unpaired) electrons. The molecule has 0 aliphatic carbocycles. The van der Waals surface area contributed by atoms with Crippen molar-refractivity contribution < 1.29 is 19.1 Å². The van der Waals surface area contributed by atoms with Crippen molar-refractivity contribution in [2.75, 3.05) is 11.9 Å². The van der Waals surface area contributed by atoms with Gasteiger partial charge in [-0.1, -0.05) is 0 Å². The fourth-order valence-corrected chi connectivity index (χ4v) is 1.47. The summed E-state index contributed by atoms with van der Waals surface area (Å²) < 4.78 is 10.0. The zero-order chi connectivity index (χ0) is 15.3. The quantitative estimate of drug-likeness (QED) is 0.861. The van der Waals surface area contributed by atoms with E-state index in [1.807, 2.05) is 0 Å². The van der Waals surface area contributed by atoms with Gasteiger partial charge in [0.15, 0.2) is 5.69 Å². The number of pyridine rings is 1. The van der Waals surface area contributed by atoms with E-state index in [1.165, 1.54) is 6.07 Å². The third-order valence-corrected chi connectivity index (χ3v) is 2.08. The van der Waals surface area contributed by atoms with Crippen molar-refractivity contribution in [3.63, 3.8) is 0 Å². The fraction of sp³-hybridized carbons (Fsp3) is 0.500. The summed E-state index contributed by atoms with van der Waals surface area (Å²) in [6, 6.07) is 3.10. The largest absolute Gasteiger partial charge is 0.461 e. The monoisotopic (exact) mass is 280 g/mol. The Bertz CT molecular complexity index is 506. The van der Waals surface area contributed by atoms with E-state index in [1.54, 1.807) is 40.7 Å². The van der Waals surface area contributed by atoms with Gasteiger partial charge in [-0.2, -0.15) is 0 Å². The van der Waals surface area contributed by atoms with Gasteiger partial charge in [0.25, 0.3) is 0 Å². The highest BCUT2D eigenvalue weighted by Gasteiger charge is 2.17. The van der Waals surface area contributed by atoms with Gasteiger partial charge in [0.1, 0.15) is 5.60 Å². The molecule has 1 N–H and O–H groups in total. The van der Waals surface area contributed by atoms with E-state index < -0.39 is 17.7 Å². The first kappa shape index (κ1) is 15.9. The molecule has 110 valence electrons. The van der Waals surface area contributed by atoms with Gasteiger partial charge in [-0.15, -0.1) is 0 Å². The molecule has 0 spiro atoms. The summed E-state index contributed by atoms with van der Waals surface area (Å²) in [6.07, 6.45) is -0.585. The molecule has 0 fully saturated rings. The van der Waals surface area contributed by atoms with E-state index in [4.69, 9.17) is 9.47 Å². The Labute approximate surface area is 118 Å². The highest BCUT2D eigenvalue weighted by atomic mass is 16.6. The van der Waals surface area contributed by atoms with E-state index in [9.17, 15) is 9.59 Å². The lowest BCUT2D eigenvalue weighted by Crippen LogP contribution is -2.27. The Morgan fingerprint density at radius 2 is 1.95 bits per heavy atom. The molecule has 20 heavy (non-hydrogen) atoms. The number of ether oxygens (including phenoxy) is 2. The van der Waals surface area contributed by atoms with Crippen LogP contribution in [-0.4, -0.2) is 29.3 Å². The van der Waals surface area contributed by atoms with Crippen LogP contribution < -0.4 is 5.32 Å². The van der Waals surface area contributed by atoms with Crippen LogP contribution in [0.25, 0.3) is 0 Å². The summed E-state index contributed by atoms with van der Waals surface area (Å²) in [5, 5.41) is 2.57. The number of nitrogens with one attached hydrogen (secondary N) is 1. The van der Waals surface area contributed by atoms with Crippen molar-refractivity contribution in [2.24, 2.45) is 0 Å². The van der Waals surface area contributed by atoms with E-state index in [2.05, 4.69) is 10.3 Å². The minimum absolute atomic E-state index is 0.151. The Kier molecular flexibility index (Phi) is 5.07. The second kappa shape index (κ2) is 6.36. The summed E-state index contributed by atoms with van der Waals surface area (Å²) in [5.74, 6) is -0.525. The van der Waals surface area contributed by atoms with Gasteiger partial charge in [-0.3, -0.25) is 5.32 Å². The van der Waals surface area contributed by atoms with Crippen LogP contribution in [0.1, 0.15) is 43.9 Å². The van der Waals surface area contributed by atoms with Gasteiger partial charge < -0.3 is 9.47 Å². The van der Waals surface area contributed by atoms with Crippen molar-refractivity contribution in [2.45, 2.75) is 40.2 Å². The van der Waals surface area contributed by atoms with E-state index in [0.29, 0.717) is 11.4 Å². The lowest BCUT2D eigenvalue weighted by molar-refractivity contribution is 0.0517. The molecule has 1 aromatic rings. The molecular formula is C14H20N2O4. The minimum Gasteiger partial charge on any atom is -0.461 e. The molecule has 0 saturated carbocycles. The highest BCUT2D eigenvalue weighted by molar-refractivity contribution is 5.91. The maximum absolute atomic E-state index is 11.7. The standard InChI is InChI=1S/C14H20N2O4/c1-6-19-12(17)11-8-10(7-9(2)15-11)16-13(18)20-14(3,4)5/h7-8H,6H2,1-5H3,(H,15,16,18). The molecule has 0 aromatic carbocycles. The second-order valence-corrected chi connectivity index (χ2v) is 5.23. The third kappa shape index (κ3) is 5.26. The van der Waals surface area contributed by atoms with E-state index in [-0.39, 0.29) is 12.3 Å². The van der Waals surface area contributed by atoms with Crippen LogP contribution in [0.3, 0.4) is 0 Å². The number of rotatable bonds is 3. The zero-order valence-corrected chi connectivity index (χ0v) is 12.4. The number of aryl methyl sites for hydroxylation is 1. The first-order valence-corrected chi connectivity index (χ1v) is 6.37. The van der Waals surface area contributed by atoms with Gasteiger partial charge in [0.05, 0.1) is 6.61 Å². The number of nitrogens with zero attached hydrogens (tertiary/aromatic N) is 1. The molecule has 0 aliphatic rings. The van der Waals surface area contributed by atoms with Crippen LogP contribution in [0.4, 0.5) is 10.5 Å². The van der Waals surface area contributed by atoms with Gasteiger partial charge in [-0.25, -0.2) is 14.6 Å². The molecule has 1 amide bonds. The molecule has 6 nitrogen and oxygen atoms in total. The molecule has 0 aliphatic heterocycles. The number of anilines is 1. The normalized spacial score (nSPS) is 10.8. The van der Waals surface area contributed by atoms with Crippen LogP contribution in [0.2, 0.25) is 0 Å². The Balaban J connectivity index is 2.86. The summed E-state index contributed by atoms with van der Waals surface area (Å²) in [7, 11) is 0. The average Bonchev–Trinajstić information content (AvgIpc) is 2.25. The summed E-state index contributed by atoms with van der Waals surface area (Å²) >= 11 is 0. The van der Waals surface area contributed by atoms with Crippen molar-refractivity contribution in [3.8, 4) is 0 Å². The van der Waals surface area contributed by atoms with Gasteiger partial charge in [0, 0.05) is 11.4 Å². The highest BCUT2D eigenvalue weighted by Crippen LogP contribution is 2.14. The van der Waals surface area contributed by atoms with Crippen LogP contribution in [0, 0.1) is 6.92 Å². The summed E-state index contributed by atoms with van der Waals surface area (Å²) in [6.45, 7) is 9.02. The molecule has 1 rings (SSSR count). The topological polar surface area (TPSA) is 77.5 Å². The maximum Gasteiger partial charge on any atom is 0.412 e. The van der Waals surface area contributed by atoms with Crippen molar-refractivity contribution >= 4 is 17.7 Å². The second-order valence-electron chi connectivity index (χ2n) is 5.23. The number of hydrogen-bond acceptors (Lipinski definition) is 5. The van der Waals surface area contributed by atoms with Crippen LogP contribution in [-0.2, 0) is 9.47 Å². The Hall–Kier alpha value is -2.11. The number of carbonyl (C=O) groups is 2. The molecule has 1 heterocycles. The zero-order valence-electron chi connectivity index (χ0n) is 12.4. The summed E-state index contributed by atoms with van der Waals surface area (Å²) in [4.78, 5) is 27.4. The summed E-state index contributed by atoms with van der Waals surface area (Å²) in [5.41, 5.74) is 0.602. The number of amides is 1. The Morgan fingerprint density at radius 3 is 2.50 bits per heavy atom. The van der Waals surface area contributed by atoms with Crippen molar-refractivity contribution in [3.05, 3.63) is 23.5 Å². The predicted molar refractivity (Wildman–Crippen MR) is 74.8 cm³/mol. The molecular weight excluding hydrogens is 260 g/mol. The SMILES string of the molecule is CCOC(=O)c1cc(NC(=O)OC(C)(C)C)cc(C)n1. The molecule has 0 saturated heterocycles. The lowest BCUT2D eigenvalue weighted by atomic mass is 10.2. The third-order valence-electron chi connectivity index (χ3n) is 2.08. The average molecular weight is 280 g/mol. The first-order chi connectivity index (χ1) is 9.21. The molecule has 1 aromatic heterocycles. The van der Waals surface area contributed by atoms with Gasteiger partial charge in [-0.05, 0) is 46.8 Å². The first-order valence-electron chi connectivity index (χ1n) is 6.37. The minimum atomic E-state index is -0.587.